The van der Waals surface area contributed by atoms with E-state index in [2.05, 4.69) is 48.3 Å². The molecule has 0 radical (unpaired) electrons. The minimum atomic E-state index is 0.0246. The number of rotatable bonds is 8. The molecule has 3 nitrogen and oxygen atoms in total. The van der Waals surface area contributed by atoms with E-state index in [1.807, 2.05) is 6.07 Å². The molecule has 1 atom stereocenters. The van der Waals surface area contributed by atoms with Gasteiger partial charge in [0.25, 0.3) is 0 Å². The van der Waals surface area contributed by atoms with Crippen molar-refractivity contribution in [3.8, 4) is 0 Å². The monoisotopic (exact) mass is 334 g/mol. The van der Waals surface area contributed by atoms with Gasteiger partial charge in [-0.15, -0.1) is 11.8 Å². The second kappa shape index (κ2) is 9.99. The number of likely N-dealkylation sites (tertiary alicyclic amines) is 1. The molecular weight excluding hydrogens is 304 g/mol. The van der Waals surface area contributed by atoms with Crippen LogP contribution < -0.4 is 5.32 Å². The van der Waals surface area contributed by atoms with E-state index in [1.165, 1.54) is 37.9 Å². The summed E-state index contributed by atoms with van der Waals surface area (Å²) in [6, 6.07) is 10.4. The van der Waals surface area contributed by atoms with Gasteiger partial charge in [0.15, 0.2) is 0 Å². The Hall–Kier alpha value is -1.00. The molecule has 128 valence electrons. The predicted octanol–water partition coefficient (Wildman–Crippen LogP) is 3.55. The van der Waals surface area contributed by atoms with Gasteiger partial charge in [-0.05, 0) is 37.4 Å². The first-order valence-corrected chi connectivity index (χ1v) is 9.87. The van der Waals surface area contributed by atoms with Crippen LogP contribution >= 0.6 is 11.8 Å². The van der Waals surface area contributed by atoms with E-state index in [0.29, 0.717) is 5.92 Å². The average Bonchev–Trinajstić information content (AvgIpc) is 2.56. The lowest BCUT2D eigenvalue weighted by molar-refractivity contribution is -0.121. The molecule has 1 aliphatic heterocycles. The number of hydrogen-bond acceptors (Lipinski definition) is 3. The molecule has 1 aromatic rings. The van der Waals surface area contributed by atoms with Crippen LogP contribution in [0.5, 0.6) is 0 Å². The lowest BCUT2D eigenvalue weighted by Gasteiger charge is -2.27. The van der Waals surface area contributed by atoms with E-state index in [4.69, 9.17) is 0 Å². The average molecular weight is 335 g/mol. The van der Waals surface area contributed by atoms with Crippen LogP contribution in [0.15, 0.2) is 30.3 Å². The van der Waals surface area contributed by atoms with Crippen molar-refractivity contribution in [2.24, 2.45) is 5.92 Å². The molecule has 23 heavy (non-hydrogen) atoms. The van der Waals surface area contributed by atoms with Gasteiger partial charge in [0.05, 0.1) is 5.25 Å². The van der Waals surface area contributed by atoms with Crippen molar-refractivity contribution in [3.05, 3.63) is 35.9 Å². The summed E-state index contributed by atoms with van der Waals surface area (Å²) in [5, 5.41) is 3.17. The highest BCUT2D eigenvalue weighted by atomic mass is 32.2. The van der Waals surface area contributed by atoms with Gasteiger partial charge in [-0.2, -0.15) is 0 Å². The smallest absolute Gasteiger partial charge is 0.233 e. The number of carbonyl (C=O) groups is 1. The Morgan fingerprint density at radius 3 is 2.52 bits per heavy atom. The summed E-state index contributed by atoms with van der Waals surface area (Å²) in [6.45, 7) is 8.39. The zero-order valence-electron chi connectivity index (χ0n) is 14.5. The molecule has 1 heterocycles. The molecular formula is C19H30N2OS. The van der Waals surface area contributed by atoms with Crippen molar-refractivity contribution < 1.29 is 4.79 Å². The van der Waals surface area contributed by atoms with E-state index in [-0.39, 0.29) is 11.2 Å². The SMILES string of the molecule is CC(C)C(SCc1ccccc1)C(=O)NCCN1CCCCC1. The number of piperidine rings is 1. The van der Waals surface area contributed by atoms with Crippen molar-refractivity contribution in [2.45, 2.75) is 44.1 Å². The fourth-order valence-corrected chi connectivity index (χ4v) is 4.14. The van der Waals surface area contributed by atoms with Crippen molar-refractivity contribution >= 4 is 17.7 Å². The maximum Gasteiger partial charge on any atom is 0.233 e. The Morgan fingerprint density at radius 1 is 1.17 bits per heavy atom. The summed E-state index contributed by atoms with van der Waals surface area (Å²) in [5.74, 6) is 1.43. The number of nitrogens with zero attached hydrogens (tertiary/aromatic N) is 1. The molecule has 0 aliphatic carbocycles. The molecule has 2 rings (SSSR count). The van der Waals surface area contributed by atoms with E-state index >= 15 is 0 Å². The van der Waals surface area contributed by atoms with Gasteiger partial charge in [-0.25, -0.2) is 0 Å². The Labute approximate surface area is 145 Å². The topological polar surface area (TPSA) is 32.3 Å². The van der Waals surface area contributed by atoms with Gasteiger partial charge in [0, 0.05) is 18.8 Å². The predicted molar refractivity (Wildman–Crippen MR) is 99.7 cm³/mol. The molecule has 0 aromatic heterocycles. The molecule has 1 amide bonds. The fraction of sp³-hybridized carbons (Fsp3) is 0.632. The quantitative estimate of drug-likeness (QED) is 0.789. The molecule has 0 saturated carbocycles. The number of amides is 1. The van der Waals surface area contributed by atoms with Crippen molar-refractivity contribution in [2.75, 3.05) is 26.2 Å². The third-order valence-corrected chi connectivity index (χ3v) is 5.93. The van der Waals surface area contributed by atoms with E-state index in [9.17, 15) is 4.79 Å². The maximum atomic E-state index is 12.5. The zero-order valence-corrected chi connectivity index (χ0v) is 15.3. The van der Waals surface area contributed by atoms with Crippen LogP contribution in [0, 0.1) is 5.92 Å². The molecule has 1 aromatic carbocycles. The molecule has 4 heteroatoms. The van der Waals surface area contributed by atoms with Crippen molar-refractivity contribution in [1.82, 2.24) is 10.2 Å². The van der Waals surface area contributed by atoms with Crippen molar-refractivity contribution in [1.29, 1.82) is 0 Å². The number of benzene rings is 1. The Bertz CT molecular complexity index is 458. The molecule has 1 aliphatic rings. The number of nitrogens with one attached hydrogen (secondary N) is 1. The van der Waals surface area contributed by atoms with Crippen LogP contribution in [-0.2, 0) is 10.5 Å². The Balaban J connectivity index is 1.74. The molecule has 1 saturated heterocycles. The molecule has 1 fully saturated rings. The summed E-state index contributed by atoms with van der Waals surface area (Å²) in [5.41, 5.74) is 1.28. The Kier molecular flexibility index (Phi) is 7.96. The molecule has 1 N–H and O–H groups in total. The highest BCUT2D eigenvalue weighted by Crippen LogP contribution is 2.24. The minimum absolute atomic E-state index is 0.0246. The first kappa shape index (κ1) is 18.3. The summed E-state index contributed by atoms with van der Waals surface area (Å²) >= 11 is 1.75. The van der Waals surface area contributed by atoms with Crippen LogP contribution in [0.25, 0.3) is 0 Å². The largest absolute Gasteiger partial charge is 0.354 e. The molecule has 1 unspecified atom stereocenters. The van der Waals surface area contributed by atoms with E-state index < -0.39 is 0 Å². The van der Waals surface area contributed by atoms with Gasteiger partial charge in [0.2, 0.25) is 5.91 Å². The summed E-state index contributed by atoms with van der Waals surface area (Å²) in [7, 11) is 0. The van der Waals surface area contributed by atoms with Crippen LogP contribution in [0.1, 0.15) is 38.7 Å². The maximum absolute atomic E-state index is 12.5. The highest BCUT2D eigenvalue weighted by Gasteiger charge is 2.22. The first-order chi connectivity index (χ1) is 11.2. The van der Waals surface area contributed by atoms with Crippen LogP contribution in [0.2, 0.25) is 0 Å². The third-order valence-electron chi connectivity index (χ3n) is 4.31. The second-order valence-corrected chi connectivity index (χ2v) is 7.78. The number of hydrogen-bond donors (Lipinski definition) is 1. The van der Waals surface area contributed by atoms with E-state index in [1.54, 1.807) is 11.8 Å². The lowest BCUT2D eigenvalue weighted by atomic mass is 10.1. The number of carbonyl (C=O) groups excluding carboxylic acids is 1. The van der Waals surface area contributed by atoms with Crippen LogP contribution in [0.3, 0.4) is 0 Å². The van der Waals surface area contributed by atoms with Gasteiger partial charge in [0.1, 0.15) is 0 Å². The second-order valence-electron chi connectivity index (χ2n) is 6.65. The molecule has 0 spiro atoms. The van der Waals surface area contributed by atoms with Gasteiger partial charge < -0.3 is 10.2 Å². The molecule has 0 bridgehead atoms. The standard InChI is InChI=1S/C19H30N2OS/c1-16(2)18(23-15-17-9-5-3-6-10-17)19(22)20-11-14-21-12-7-4-8-13-21/h3,5-6,9-10,16,18H,4,7-8,11-15H2,1-2H3,(H,20,22). The fourth-order valence-electron chi connectivity index (χ4n) is 2.95. The van der Waals surface area contributed by atoms with Crippen LogP contribution in [0.4, 0.5) is 0 Å². The van der Waals surface area contributed by atoms with Gasteiger partial charge in [-0.3, -0.25) is 4.79 Å². The Morgan fingerprint density at radius 2 is 1.87 bits per heavy atom. The minimum Gasteiger partial charge on any atom is -0.354 e. The van der Waals surface area contributed by atoms with Gasteiger partial charge >= 0.3 is 0 Å². The highest BCUT2D eigenvalue weighted by molar-refractivity contribution is 7.99. The first-order valence-electron chi connectivity index (χ1n) is 8.82. The van der Waals surface area contributed by atoms with Crippen molar-refractivity contribution in [3.63, 3.8) is 0 Å². The lowest BCUT2D eigenvalue weighted by Crippen LogP contribution is -2.41. The van der Waals surface area contributed by atoms with Crippen LogP contribution in [-0.4, -0.2) is 42.2 Å². The summed E-state index contributed by atoms with van der Waals surface area (Å²) in [6.07, 6.45) is 3.96. The normalized spacial score (nSPS) is 17.2. The summed E-state index contributed by atoms with van der Waals surface area (Å²) in [4.78, 5) is 15.0. The van der Waals surface area contributed by atoms with Gasteiger partial charge in [-0.1, -0.05) is 50.6 Å². The summed E-state index contributed by atoms with van der Waals surface area (Å²) < 4.78 is 0. The zero-order chi connectivity index (χ0) is 16.5. The van der Waals surface area contributed by atoms with E-state index in [0.717, 1.165) is 18.8 Å². The third kappa shape index (κ3) is 6.56. The number of thioether (sulfide) groups is 1.